The van der Waals surface area contributed by atoms with Crippen LogP contribution in [0.5, 0.6) is 0 Å². The zero-order valence-corrected chi connectivity index (χ0v) is 12.7. The smallest absolute Gasteiger partial charge is 0.418 e. The van der Waals surface area contributed by atoms with Gasteiger partial charge in [0.2, 0.25) is 0 Å². The van der Waals surface area contributed by atoms with Gasteiger partial charge in [0.25, 0.3) is 0 Å². The van der Waals surface area contributed by atoms with Crippen LogP contribution in [0.15, 0.2) is 18.7 Å². The summed E-state index contributed by atoms with van der Waals surface area (Å²) in [5, 5.41) is 2.40. The van der Waals surface area contributed by atoms with Crippen molar-refractivity contribution in [3.63, 3.8) is 0 Å². The predicted octanol–water partition coefficient (Wildman–Crippen LogP) is 3.96. The maximum Gasteiger partial charge on any atom is 0.418 e. The first-order valence-electron chi connectivity index (χ1n) is 6.53. The highest BCUT2D eigenvalue weighted by Crippen LogP contribution is 2.36. The van der Waals surface area contributed by atoms with E-state index in [4.69, 9.17) is 10.5 Å². The molecule has 0 atom stereocenters. The molecule has 1 amide bonds. The third kappa shape index (κ3) is 4.98. The van der Waals surface area contributed by atoms with E-state index in [1.165, 1.54) is 12.1 Å². The van der Waals surface area contributed by atoms with Crippen LogP contribution in [-0.2, 0) is 17.5 Å². The summed E-state index contributed by atoms with van der Waals surface area (Å²) < 4.78 is 43.8. The van der Waals surface area contributed by atoms with Gasteiger partial charge in [0.15, 0.2) is 0 Å². The van der Waals surface area contributed by atoms with Crippen LogP contribution in [0.25, 0.3) is 6.08 Å². The maximum absolute atomic E-state index is 12.9. The number of alkyl carbamates (subject to hydrolysis) is 1. The third-order valence-electron chi connectivity index (χ3n) is 2.63. The number of nitrogens with two attached hydrogens (primary N) is 1. The van der Waals surface area contributed by atoms with Gasteiger partial charge in [-0.15, -0.1) is 0 Å². The Morgan fingerprint density at radius 3 is 2.41 bits per heavy atom. The van der Waals surface area contributed by atoms with E-state index in [0.717, 1.165) is 6.07 Å². The summed E-state index contributed by atoms with van der Waals surface area (Å²) in [6.45, 7) is 8.39. The Labute approximate surface area is 127 Å². The summed E-state index contributed by atoms with van der Waals surface area (Å²) in [6, 6.07) is 2.34. The topological polar surface area (TPSA) is 64.3 Å². The number of nitrogens with one attached hydrogen (secondary N) is 1. The molecule has 7 heteroatoms. The average Bonchev–Trinajstić information content (AvgIpc) is 2.34. The molecule has 0 aliphatic heterocycles. The Hall–Kier alpha value is -2.18. The first-order chi connectivity index (χ1) is 9.94. The maximum atomic E-state index is 12.9. The van der Waals surface area contributed by atoms with Crippen LogP contribution in [-0.4, -0.2) is 11.7 Å². The molecule has 0 saturated carbocycles. The Kier molecular flexibility index (Phi) is 5.11. The van der Waals surface area contributed by atoms with Crippen molar-refractivity contribution in [2.24, 2.45) is 0 Å². The van der Waals surface area contributed by atoms with Gasteiger partial charge in [-0.2, -0.15) is 13.2 Å². The molecule has 0 aliphatic rings. The van der Waals surface area contributed by atoms with Crippen molar-refractivity contribution in [3.8, 4) is 0 Å². The fourth-order valence-corrected chi connectivity index (χ4v) is 1.73. The van der Waals surface area contributed by atoms with Crippen molar-refractivity contribution >= 4 is 17.9 Å². The number of benzene rings is 1. The van der Waals surface area contributed by atoms with Crippen LogP contribution in [0, 0.1) is 0 Å². The van der Waals surface area contributed by atoms with E-state index in [2.05, 4.69) is 11.9 Å². The highest BCUT2D eigenvalue weighted by Gasteiger charge is 2.34. The van der Waals surface area contributed by atoms with Crippen molar-refractivity contribution in [2.75, 3.05) is 5.73 Å². The molecule has 0 saturated heterocycles. The number of hydrogen-bond donors (Lipinski definition) is 2. The zero-order chi connectivity index (χ0) is 17.1. The number of anilines is 1. The van der Waals surface area contributed by atoms with Gasteiger partial charge in [-0.05, 0) is 44.0 Å². The summed E-state index contributed by atoms with van der Waals surface area (Å²) in [5.41, 5.74) is 3.88. The molecule has 22 heavy (non-hydrogen) atoms. The molecule has 0 aromatic heterocycles. The summed E-state index contributed by atoms with van der Waals surface area (Å²) in [6.07, 6.45) is -4.05. The molecule has 122 valence electrons. The summed E-state index contributed by atoms with van der Waals surface area (Å²) in [4.78, 5) is 11.5. The quantitative estimate of drug-likeness (QED) is 0.830. The van der Waals surface area contributed by atoms with Crippen LogP contribution in [0.1, 0.15) is 37.5 Å². The van der Waals surface area contributed by atoms with E-state index < -0.39 is 23.4 Å². The van der Waals surface area contributed by atoms with Crippen molar-refractivity contribution in [3.05, 3.63) is 35.4 Å². The molecule has 4 nitrogen and oxygen atoms in total. The number of ether oxygens (including phenoxy) is 1. The molecular formula is C15H19F3N2O2. The van der Waals surface area contributed by atoms with Crippen molar-refractivity contribution in [1.82, 2.24) is 5.32 Å². The van der Waals surface area contributed by atoms with Crippen molar-refractivity contribution in [1.29, 1.82) is 0 Å². The van der Waals surface area contributed by atoms with Crippen LogP contribution < -0.4 is 11.1 Å². The lowest BCUT2D eigenvalue weighted by Crippen LogP contribution is -2.32. The molecule has 0 spiro atoms. The van der Waals surface area contributed by atoms with Crippen LogP contribution in [0.3, 0.4) is 0 Å². The number of carbonyl (C=O) groups excluding carboxylic acids is 1. The molecule has 0 unspecified atom stereocenters. The molecule has 0 fully saturated rings. The van der Waals surface area contributed by atoms with Gasteiger partial charge < -0.3 is 15.8 Å². The summed E-state index contributed by atoms with van der Waals surface area (Å²) in [5.74, 6) is 0. The van der Waals surface area contributed by atoms with Gasteiger partial charge in [-0.3, -0.25) is 0 Å². The Morgan fingerprint density at radius 2 is 1.95 bits per heavy atom. The molecular weight excluding hydrogens is 297 g/mol. The van der Waals surface area contributed by atoms with Crippen LogP contribution in [0.2, 0.25) is 0 Å². The van der Waals surface area contributed by atoms with E-state index in [0.29, 0.717) is 0 Å². The first kappa shape index (κ1) is 17.9. The first-order valence-corrected chi connectivity index (χ1v) is 6.53. The minimum absolute atomic E-state index is 0.112. The van der Waals surface area contributed by atoms with Crippen molar-refractivity contribution in [2.45, 2.75) is 39.1 Å². The minimum Gasteiger partial charge on any atom is -0.444 e. The largest absolute Gasteiger partial charge is 0.444 e. The molecule has 1 aromatic rings. The van der Waals surface area contributed by atoms with Gasteiger partial charge in [0.05, 0.1) is 11.3 Å². The Bertz CT molecular complexity index is 575. The molecule has 3 N–H and O–H groups in total. The summed E-state index contributed by atoms with van der Waals surface area (Å²) in [7, 11) is 0. The number of halogens is 3. The molecule has 1 rings (SSSR count). The number of nitrogen functional groups attached to an aromatic ring is 1. The minimum atomic E-state index is -4.58. The Balaban J connectivity index is 2.97. The van der Waals surface area contributed by atoms with E-state index in [-0.39, 0.29) is 23.4 Å². The highest BCUT2D eigenvalue weighted by atomic mass is 19.4. The van der Waals surface area contributed by atoms with E-state index in [9.17, 15) is 18.0 Å². The SMILES string of the molecule is C=Cc1cc(CNC(=O)OC(C)(C)C)cc(C(F)(F)F)c1N. The second kappa shape index (κ2) is 6.29. The fraction of sp³-hybridized carbons (Fsp3) is 0.400. The number of rotatable bonds is 3. The lowest BCUT2D eigenvalue weighted by Gasteiger charge is -2.20. The van der Waals surface area contributed by atoms with Gasteiger partial charge in [-0.25, -0.2) is 4.79 Å². The van der Waals surface area contributed by atoms with Gasteiger partial charge in [0.1, 0.15) is 5.60 Å². The van der Waals surface area contributed by atoms with Crippen LogP contribution in [0.4, 0.5) is 23.7 Å². The molecule has 0 radical (unpaired) electrons. The predicted molar refractivity (Wildman–Crippen MR) is 79.0 cm³/mol. The molecule has 0 aliphatic carbocycles. The van der Waals surface area contributed by atoms with Gasteiger partial charge >= 0.3 is 12.3 Å². The van der Waals surface area contributed by atoms with E-state index in [1.807, 2.05) is 0 Å². The lowest BCUT2D eigenvalue weighted by molar-refractivity contribution is -0.137. The third-order valence-corrected chi connectivity index (χ3v) is 2.63. The fourth-order valence-electron chi connectivity index (χ4n) is 1.73. The monoisotopic (exact) mass is 316 g/mol. The molecule has 1 aromatic carbocycles. The van der Waals surface area contributed by atoms with Gasteiger partial charge in [-0.1, -0.05) is 12.7 Å². The van der Waals surface area contributed by atoms with Crippen LogP contribution >= 0.6 is 0 Å². The molecule has 0 heterocycles. The normalized spacial score (nSPS) is 11.9. The van der Waals surface area contributed by atoms with E-state index >= 15 is 0 Å². The van der Waals surface area contributed by atoms with E-state index in [1.54, 1.807) is 20.8 Å². The van der Waals surface area contributed by atoms with Gasteiger partial charge in [0, 0.05) is 6.54 Å². The number of hydrogen-bond acceptors (Lipinski definition) is 3. The zero-order valence-electron chi connectivity index (χ0n) is 12.7. The lowest BCUT2D eigenvalue weighted by atomic mass is 10.0. The standard InChI is InChI=1S/C15H19F3N2O2/c1-5-10-6-9(7-11(12(10)19)15(16,17)18)8-20-13(21)22-14(2,3)4/h5-7H,1,8,19H2,2-4H3,(H,20,21). The summed E-state index contributed by atoms with van der Waals surface area (Å²) >= 11 is 0. The number of carbonyl (C=O) groups is 1. The van der Waals surface area contributed by atoms with Crippen molar-refractivity contribution < 1.29 is 22.7 Å². The highest BCUT2D eigenvalue weighted by molar-refractivity contribution is 5.70. The average molecular weight is 316 g/mol. The molecule has 0 bridgehead atoms. The number of alkyl halides is 3. The second-order valence-electron chi connectivity index (χ2n) is 5.70. The second-order valence-corrected chi connectivity index (χ2v) is 5.70. The Morgan fingerprint density at radius 1 is 1.36 bits per heavy atom. The number of amides is 1.